The van der Waals surface area contributed by atoms with Crippen LogP contribution in [0.5, 0.6) is 5.75 Å². The van der Waals surface area contributed by atoms with Crippen molar-refractivity contribution in [2.75, 3.05) is 7.11 Å². The SMILES string of the molecule is COc1cc(C#N)cnc1Cl. The molecule has 1 heterocycles. The van der Waals surface area contributed by atoms with Gasteiger partial charge in [-0.25, -0.2) is 4.98 Å². The topological polar surface area (TPSA) is 45.9 Å². The van der Waals surface area contributed by atoms with Crippen LogP contribution in [0, 0.1) is 11.3 Å². The Morgan fingerprint density at radius 1 is 1.73 bits per heavy atom. The fourth-order valence-electron chi connectivity index (χ4n) is 0.632. The number of hydrogen-bond donors (Lipinski definition) is 0. The summed E-state index contributed by atoms with van der Waals surface area (Å²) < 4.78 is 4.84. The molecular weight excluding hydrogens is 164 g/mol. The molecule has 0 aromatic carbocycles. The summed E-state index contributed by atoms with van der Waals surface area (Å²) in [6, 6.07) is 3.46. The molecule has 0 fully saturated rings. The van der Waals surface area contributed by atoms with Gasteiger partial charge in [-0.15, -0.1) is 0 Å². The Morgan fingerprint density at radius 3 is 3.00 bits per heavy atom. The Morgan fingerprint density at radius 2 is 2.45 bits per heavy atom. The molecule has 56 valence electrons. The molecule has 3 nitrogen and oxygen atoms in total. The van der Waals surface area contributed by atoms with E-state index >= 15 is 0 Å². The molecule has 0 bridgehead atoms. The van der Waals surface area contributed by atoms with Crippen molar-refractivity contribution >= 4 is 11.6 Å². The minimum Gasteiger partial charge on any atom is -0.493 e. The van der Waals surface area contributed by atoms with E-state index in [9.17, 15) is 0 Å². The molecule has 0 aliphatic heterocycles. The van der Waals surface area contributed by atoms with Crippen LogP contribution in [-0.4, -0.2) is 12.1 Å². The van der Waals surface area contributed by atoms with Crippen molar-refractivity contribution in [2.45, 2.75) is 0 Å². The highest BCUT2D eigenvalue weighted by molar-refractivity contribution is 6.30. The summed E-state index contributed by atoms with van der Waals surface area (Å²) in [5.41, 5.74) is 0.436. The first-order chi connectivity index (χ1) is 5.27. The molecule has 0 spiro atoms. The van der Waals surface area contributed by atoms with Crippen LogP contribution < -0.4 is 4.74 Å². The van der Waals surface area contributed by atoms with Gasteiger partial charge in [-0.05, 0) is 0 Å². The molecule has 0 radical (unpaired) electrons. The average molecular weight is 169 g/mol. The highest BCUT2D eigenvalue weighted by Gasteiger charge is 2.01. The van der Waals surface area contributed by atoms with Crippen LogP contribution in [-0.2, 0) is 0 Å². The van der Waals surface area contributed by atoms with Gasteiger partial charge in [0.05, 0.1) is 12.7 Å². The van der Waals surface area contributed by atoms with Gasteiger partial charge in [0, 0.05) is 12.3 Å². The molecule has 4 heteroatoms. The Balaban J connectivity index is 3.15. The van der Waals surface area contributed by atoms with Crippen molar-refractivity contribution in [1.82, 2.24) is 4.98 Å². The number of hydrogen-bond acceptors (Lipinski definition) is 3. The molecule has 1 aromatic rings. The lowest BCUT2D eigenvalue weighted by Gasteiger charge is -1.99. The summed E-state index contributed by atoms with van der Waals surface area (Å²) in [5.74, 6) is 0.422. The van der Waals surface area contributed by atoms with Gasteiger partial charge in [0.15, 0.2) is 10.9 Å². The Bertz CT molecular complexity index is 306. The predicted molar refractivity (Wildman–Crippen MR) is 40.5 cm³/mol. The first-order valence-corrected chi connectivity index (χ1v) is 3.25. The quantitative estimate of drug-likeness (QED) is 0.599. The van der Waals surface area contributed by atoms with E-state index in [2.05, 4.69) is 4.98 Å². The van der Waals surface area contributed by atoms with Gasteiger partial charge in [-0.2, -0.15) is 5.26 Å². The summed E-state index contributed by atoms with van der Waals surface area (Å²) in [5, 5.41) is 8.73. The lowest BCUT2D eigenvalue weighted by atomic mass is 10.3. The second kappa shape index (κ2) is 3.22. The van der Waals surface area contributed by atoms with Crippen molar-refractivity contribution in [3.63, 3.8) is 0 Å². The van der Waals surface area contributed by atoms with Gasteiger partial charge in [-0.3, -0.25) is 0 Å². The van der Waals surface area contributed by atoms with E-state index < -0.39 is 0 Å². The summed E-state index contributed by atoms with van der Waals surface area (Å²) in [7, 11) is 1.48. The fourth-order valence-corrected chi connectivity index (χ4v) is 0.813. The number of nitrogens with zero attached hydrogens (tertiary/aromatic N) is 2. The van der Waals surface area contributed by atoms with Crippen molar-refractivity contribution in [2.24, 2.45) is 0 Å². The largest absolute Gasteiger partial charge is 0.493 e. The van der Waals surface area contributed by atoms with Gasteiger partial charge < -0.3 is 4.74 Å². The fraction of sp³-hybridized carbons (Fsp3) is 0.143. The van der Waals surface area contributed by atoms with Crippen LogP contribution in [0.3, 0.4) is 0 Å². The molecule has 0 N–H and O–H groups in total. The van der Waals surface area contributed by atoms with E-state index in [0.29, 0.717) is 11.3 Å². The van der Waals surface area contributed by atoms with Crippen LogP contribution in [0.4, 0.5) is 0 Å². The van der Waals surface area contributed by atoms with Gasteiger partial charge in [0.2, 0.25) is 0 Å². The van der Waals surface area contributed by atoms with E-state index in [1.54, 1.807) is 0 Å². The van der Waals surface area contributed by atoms with Crippen molar-refractivity contribution < 1.29 is 4.74 Å². The van der Waals surface area contributed by atoms with Crippen molar-refractivity contribution in [1.29, 1.82) is 5.26 Å². The highest BCUT2D eigenvalue weighted by atomic mass is 35.5. The maximum absolute atomic E-state index is 8.46. The number of pyridine rings is 1. The minimum absolute atomic E-state index is 0.270. The molecular formula is C7H5ClN2O. The summed E-state index contributed by atoms with van der Waals surface area (Å²) in [6.07, 6.45) is 1.39. The normalized spacial score (nSPS) is 8.82. The number of rotatable bonds is 1. The predicted octanol–water partition coefficient (Wildman–Crippen LogP) is 1.62. The maximum atomic E-state index is 8.46. The van der Waals surface area contributed by atoms with Gasteiger partial charge in [-0.1, -0.05) is 11.6 Å². The first-order valence-electron chi connectivity index (χ1n) is 2.87. The second-order valence-electron chi connectivity index (χ2n) is 1.83. The molecule has 0 unspecified atom stereocenters. The smallest absolute Gasteiger partial charge is 0.171 e. The molecule has 0 amide bonds. The Hall–Kier alpha value is -1.27. The number of methoxy groups -OCH3 is 1. The number of halogens is 1. The van der Waals surface area contributed by atoms with Gasteiger partial charge in [0.1, 0.15) is 6.07 Å². The molecule has 1 rings (SSSR count). The van der Waals surface area contributed by atoms with Crippen LogP contribution >= 0.6 is 11.6 Å². The third-order valence-electron chi connectivity index (χ3n) is 1.16. The monoisotopic (exact) mass is 168 g/mol. The third-order valence-corrected chi connectivity index (χ3v) is 1.44. The zero-order chi connectivity index (χ0) is 8.27. The van der Waals surface area contributed by atoms with Crippen molar-refractivity contribution in [3.8, 4) is 11.8 Å². The lowest BCUT2D eigenvalue weighted by molar-refractivity contribution is 0.413. The third kappa shape index (κ3) is 1.60. The van der Waals surface area contributed by atoms with Gasteiger partial charge >= 0.3 is 0 Å². The standard InChI is InChI=1S/C7H5ClN2O/c1-11-6-2-5(3-9)4-10-7(6)8/h2,4H,1H3. The number of aromatic nitrogens is 1. The number of nitriles is 1. The Kier molecular flexibility index (Phi) is 2.29. The molecule has 11 heavy (non-hydrogen) atoms. The van der Waals surface area contributed by atoms with Crippen LogP contribution in [0.2, 0.25) is 5.15 Å². The van der Waals surface area contributed by atoms with Crippen molar-refractivity contribution in [3.05, 3.63) is 23.0 Å². The highest BCUT2D eigenvalue weighted by Crippen LogP contribution is 2.21. The summed E-state index contributed by atoms with van der Waals surface area (Å²) >= 11 is 5.61. The zero-order valence-electron chi connectivity index (χ0n) is 5.84. The Labute approximate surface area is 69.2 Å². The summed E-state index contributed by atoms with van der Waals surface area (Å²) in [4.78, 5) is 3.74. The minimum atomic E-state index is 0.270. The molecule has 0 aliphatic carbocycles. The molecule has 1 aromatic heterocycles. The van der Waals surface area contributed by atoms with E-state index in [1.807, 2.05) is 6.07 Å². The second-order valence-corrected chi connectivity index (χ2v) is 2.19. The average Bonchev–Trinajstić information content (AvgIpc) is 2.05. The molecule has 0 atom stereocenters. The van der Waals surface area contributed by atoms with Crippen LogP contribution in [0.15, 0.2) is 12.3 Å². The van der Waals surface area contributed by atoms with E-state index in [-0.39, 0.29) is 5.15 Å². The first kappa shape index (κ1) is 7.83. The lowest BCUT2D eigenvalue weighted by Crippen LogP contribution is -1.87. The van der Waals surface area contributed by atoms with Gasteiger partial charge in [0.25, 0.3) is 0 Å². The van der Waals surface area contributed by atoms with E-state index in [4.69, 9.17) is 21.6 Å². The van der Waals surface area contributed by atoms with Crippen LogP contribution in [0.25, 0.3) is 0 Å². The maximum Gasteiger partial charge on any atom is 0.171 e. The van der Waals surface area contributed by atoms with Crippen LogP contribution in [0.1, 0.15) is 5.56 Å². The number of ether oxygens (including phenoxy) is 1. The molecule has 0 saturated heterocycles. The summed E-state index contributed by atoms with van der Waals surface area (Å²) in [6.45, 7) is 0. The molecule has 0 aliphatic rings. The zero-order valence-corrected chi connectivity index (χ0v) is 6.59. The molecule has 0 saturated carbocycles. The van der Waals surface area contributed by atoms with E-state index in [0.717, 1.165) is 0 Å². The van der Waals surface area contributed by atoms with E-state index in [1.165, 1.54) is 19.4 Å².